The zero-order valence-electron chi connectivity index (χ0n) is 9.87. The fourth-order valence-electron chi connectivity index (χ4n) is 1.04. The Balaban J connectivity index is 2.51. The van der Waals surface area contributed by atoms with Crippen LogP contribution in [-0.4, -0.2) is 22.2 Å². The molecule has 15 heavy (non-hydrogen) atoms. The highest BCUT2D eigenvalue weighted by Crippen LogP contribution is 2.21. The lowest BCUT2D eigenvalue weighted by Crippen LogP contribution is -2.42. The van der Waals surface area contributed by atoms with E-state index in [1.165, 1.54) is 4.88 Å². The van der Waals surface area contributed by atoms with Crippen LogP contribution >= 0.6 is 11.3 Å². The van der Waals surface area contributed by atoms with Crippen LogP contribution in [0.3, 0.4) is 0 Å². The topological polar surface area (TPSA) is 45.2 Å². The minimum Gasteiger partial charge on any atom is -0.394 e. The largest absolute Gasteiger partial charge is 0.394 e. The fraction of sp³-hybridized carbons (Fsp3) is 0.727. The Hall–Kier alpha value is -0.450. The maximum atomic E-state index is 9.09. The van der Waals surface area contributed by atoms with E-state index in [1.54, 1.807) is 11.3 Å². The van der Waals surface area contributed by atoms with Gasteiger partial charge in [0.25, 0.3) is 0 Å². The van der Waals surface area contributed by atoms with E-state index in [0.717, 1.165) is 11.6 Å². The Bertz CT molecular complexity index is 307. The van der Waals surface area contributed by atoms with E-state index in [9.17, 15) is 0 Å². The van der Waals surface area contributed by atoms with Crippen LogP contribution in [-0.2, 0) is 6.54 Å². The van der Waals surface area contributed by atoms with Gasteiger partial charge in [0, 0.05) is 23.2 Å². The minimum atomic E-state index is -0.232. The average Bonchev–Trinajstić information content (AvgIpc) is 2.63. The highest BCUT2D eigenvalue weighted by Gasteiger charge is 2.16. The first-order valence-electron chi connectivity index (χ1n) is 5.25. The smallest absolute Gasteiger partial charge is 0.107 e. The Morgan fingerprint density at radius 3 is 2.67 bits per heavy atom. The van der Waals surface area contributed by atoms with Crippen molar-refractivity contribution >= 4 is 11.3 Å². The van der Waals surface area contributed by atoms with Crippen LogP contribution in [0.4, 0.5) is 0 Å². The molecule has 0 aliphatic carbocycles. The predicted molar refractivity (Wildman–Crippen MR) is 64.2 cm³/mol. The van der Waals surface area contributed by atoms with Crippen molar-refractivity contribution < 1.29 is 5.11 Å². The van der Waals surface area contributed by atoms with Gasteiger partial charge < -0.3 is 10.4 Å². The molecule has 0 unspecified atom stereocenters. The first-order chi connectivity index (χ1) is 6.94. The van der Waals surface area contributed by atoms with Gasteiger partial charge in [-0.15, -0.1) is 11.3 Å². The van der Waals surface area contributed by atoms with Gasteiger partial charge in [-0.25, -0.2) is 4.98 Å². The number of nitrogens with zero attached hydrogens (tertiary/aromatic N) is 1. The molecule has 86 valence electrons. The Labute approximate surface area is 95.6 Å². The molecule has 0 amide bonds. The molecule has 4 heteroatoms. The molecule has 0 atom stereocenters. The summed E-state index contributed by atoms with van der Waals surface area (Å²) in [5.41, 5.74) is -0.232. The van der Waals surface area contributed by atoms with Gasteiger partial charge in [-0.1, -0.05) is 13.8 Å². The van der Waals surface area contributed by atoms with Crippen molar-refractivity contribution in [2.75, 3.05) is 6.61 Å². The van der Waals surface area contributed by atoms with Crippen LogP contribution in [0.5, 0.6) is 0 Å². The van der Waals surface area contributed by atoms with E-state index in [-0.39, 0.29) is 12.1 Å². The van der Waals surface area contributed by atoms with E-state index in [4.69, 9.17) is 5.11 Å². The lowest BCUT2D eigenvalue weighted by Gasteiger charge is -2.22. The maximum absolute atomic E-state index is 9.09. The average molecular weight is 228 g/mol. The second kappa shape index (κ2) is 5.05. The van der Waals surface area contributed by atoms with Gasteiger partial charge in [0.15, 0.2) is 0 Å². The van der Waals surface area contributed by atoms with Crippen LogP contribution in [0.1, 0.15) is 43.5 Å². The molecule has 0 fully saturated rings. The third-order valence-electron chi connectivity index (χ3n) is 2.25. The molecule has 0 aromatic carbocycles. The predicted octanol–water partition coefficient (Wildman–Crippen LogP) is 2.13. The first-order valence-corrected chi connectivity index (χ1v) is 6.07. The van der Waals surface area contributed by atoms with E-state index in [0.29, 0.717) is 5.92 Å². The second-order valence-corrected chi connectivity index (χ2v) is 5.85. The number of aliphatic hydroxyl groups excluding tert-OH is 1. The minimum absolute atomic E-state index is 0.134. The van der Waals surface area contributed by atoms with E-state index in [2.05, 4.69) is 24.1 Å². The number of nitrogens with one attached hydrogen (secondary N) is 1. The van der Waals surface area contributed by atoms with E-state index >= 15 is 0 Å². The van der Waals surface area contributed by atoms with E-state index < -0.39 is 0 Å². The van der Waals surface area contributed by atoms with Crippen LogP contribution in [0.2, 0.25) is 0 Å². The SMILES string of the molecule is CC(C)c1cnc(CNC(C)(C)CO)s1. The standard InChI is InChI=1S/C11H20N2OS/c1-8(2)9-5-12-10(15-9)6-13-11(3,4)7-14/h5,8,13-14H,6-7H2,1-4H3. The quantitative estimate of drug-likeness (QED) is 0.811. The summed E-state index contributed by atoms with van der Waals surface area (Å²) >= 11 is 1.74. The molecule has 0 bridgehead atoms. The number of thiazole rings is 1. The van der Waals surface area contributed by atoms with Crippen LogP contribution < -0.4 is 5.32 Å². The van der Waals surface area contributed by atoms with Gasteiger partial charge in [0.1, 0.15) is 5.01 Å². The number of aromatic nitrogens is 1. The summed E-state index contributed by atoms with van der Waals surface area (Å²) in [7, 11) is 0. The molecule has 0 saturated carbocycles. The van der Waals surface area contributed by atoms with Gasteiger partial charge in [-0.2, -0.15) is 0 Å². The molecule has 0 saturated heterocycles. The summed E-state index contributed by atoms with van der Waals surface area (Å²) in [5.74, 6) is 0.544. The van der Waals surface area contributed by atoms with Crippen molar-refractivity contribution in [1.29, 1.82) is 0 Å². The summed E-state index contributed by atoms with van der Waals surface area (Å²) < 4.78 is 0. The molecule has 1 aromatic rings. The third-order valence-corrected chi connectivity index (χ3v) is 3.55. The summed E-state index contributed by atoms with van der Waals surface area (Å²) in [6.07, 6.45) is 1.94. The molecule has 1 rings (SSSR count). The molecule has 2 N–H and O–H groups in total. The monoisotopic (exact) mass is 228 g/mol. The van der Waals surface area contributed by atoms with Crippen molar-refractivity contribution in [1.82, 2.24) is 10.3 Å². The van der Waals surface area contributed by atoms with Gasteiger partial charge in [-0.3, -0.25) is 0 Å². The maximum Gasteiger partial charge on any atom is 0.107 e. The molecular formula is C11H20N2OS. The van der Waals surface area contributed by atoms with Gasteiger partial charge >= 0.3 is 0 Å². The van der Waals surface area contributed by atoms with Gasteiger partial charge in [-0.05, 0) is 19.8 Å². The Kier molecular flexibility index (Phi) is 4.25. The first kappa shape index (κ1) is 12.6. The summed E-state index contributed by atoms with van der Waals surface area (Å²) in [6, 6.07) is 0. The van der Waals surface area contributed by atoms with Crippen molar-refractivity contribution in [2.24, 2.45) is 0 Å². The lowest BCUT2D eigenvalue weighted by molar-refractivity contribution is 0.187. The van der Waals surface area contributed by atoms with Crippen molar-refractivity contribution in [2.45, 2.75) is 45.7 Å². The van der Waals surface area contributed by atoms with Gasteiger partial charge in [0.05, 0.1) is 6.61 Å². The lowest BCUT2D eigenvalue weighted by atomic mass is 10.1. The molecule has 1 aromatic heterocycles. The van der Waals surface area contributed by atoms with Crippen LogP contribution in [0.25, 0.3) is 0 Å². The number of hydrogen-bond acceptors (Lipinski definition) is 4. The number of aliphatic hydroxyl groups is 1. The Morgan fingerprint density at radius 1 is 1.53 bits per heavy atom. The summed E-state index contributed by atoms with van der Waals surface area (Å²) in [5, 5.41) is 13.4. The van der Waals surface area contributed by atoms with Crippen LogP contribution in [0.15, 0.2) is 6.20 Å². The molecule has 0 aliphatic rings. The highest BCUT2D eigenvalue weighted by molar-refractivity contribution is 7.11. The second-order valence-electron chi connectivity index (χ2n) is 4.71. The molecule has 3 nitrogen and oxygen atoms in total. The van der Waals surface area contributed by atoms with Gasteiger partial charge in [0.2, 0.25) is 0 Å². The molecular weight excluding hydrogens is 208 g/mol. The summed E-state index contributed by atoms with van der Waals surface area (Å²) in [6.45, 7) is 9.15. The normalized spacial score (nSPS) is 12.4. The summed E-state index contributed by atoms with van der Waals surface area (Å²) in [4.78, 5) is 5.66. The number of hydrogen-bond donors (Lipinski definition) is 2. The highest BCUT2D eigenvalue weighted by atomic mass is 32.1. The van der Waals surface area contributed by atoms with Crippen molar-refractivity contribution in [3.05, 3.63) is 16.1 Å². The van der Waals surface area contributed by atoms with Crippen molar-refractivity contribution in [3.8, 4) is 0 Å². The van der Waals surface area contributed by atoms with E-state index in [1.807, 2.05) is 20.0 Å². The Morgan fingerprint density at radius 2 is 2.20 bits per heavy atom. The zero-order chi connectivity index (χ0) is 11.5. The zero-order valence-corrected chi connectivity index (χ0v) is 10.7. The third kappa shape index (κ3) is 3.89. The fourth-order valence-corrected chi connectivity index (χ4v) is 1.91. The van der Waals surface area contributed by atoms with Crippen LogP contribution in [0, 0.1) is 0 Å². The molecule has 1 heterocycles. The molecule has 0 aliphatic heterocycles. The number of rotatable bonds is 5. The van der Waals surface area contributed by atoms with Crippen molar-refractivity contribution in [3.63, 3.8) is 0 Å². The molecule has 0 radical (unpaired) electrons. The molecule has 0 spiro atoms.